The number of carbonyl (C=O) groups excluding carboxylic acids is 2. The molecule has 3 aromatic heterocycles. The third-order valence-electron chi connectivity index (χ3n) is 7.57. The third kappa shape index (κ3) is 7.08. The minimum Gasteiger partial charge on any atom is -0.485 e. The van der Waals surface area contributed by atoms with Crippen molar-refractivity contribution in [2.24, 2.45) is 5.41 Å². The number of amides is 2. The number of rotatable bonds is 10. The number of hydrogen-bond acceptors (Lipinski definition) is 10. The van der Waals surface area contributed by atoms with Gasteiger partial charge in [0, 0.05) is 44.2 Å². The minimum atomic E-state index is -1.55. The molecule has 47 heavy (non-hydrogen) atoms. The first-order valence-electron chi connectivity index (χ1n) is 14.6. The molecule has 0 spiro atoms. The van der Waals surface area contributed by atoms with Crippen LogP contribution in [0.2, 0.25) is 0 Å². The van der Waals surface area contributed by atoms with Gasteiger partial charge in [-0.3, -0.25) is 14.6 Å². The van der Waals surface area contributed by atoms with E-state index < -0.39 is 34.7 Å². The Bertz CT molecular complexity index is 1800. The van der Waals surface area contributed by atoms with E-state index in [0.717, 1.165) is 11.0 Å². The molecule has 12 nitrogen and oxygen atoms in total. The Labute approximate surface area is 270 Å². The smallest absolute Gasteiger partial charge is 0.257 e. The van der Waals surface area contributed by atoms with Gasteiger partial charge in [0.25, 0.3) is 11.8 Å². The van der Waals surface area contributed by atoms with Crippen molar-refractivity contribution < 1.29 is 42.1 Å². The van der Waals surface area contributed by atoms with Crippen LogP contribution in [0.3, 0.4) is 0 Å². The summed E-state index contributed by atoms with van der Waals surface area (Å²) in [7, 11) is 4.33. The first-order valence-corrected chi connectivity index (χ1v) is 14.6. The molecular formula is C33H35F2N5O7. The molecule has 0 aliphatic carbocycles. The Morgan fingerprint density at radius 1 is 0.979 bits per heavy atom. The molecule has 0 radical (unpaired) electrons. The van der Waals surface area contributed by atoms with E-state index in [0.29, 0.717) is 23.6 Å². The van der Waals surface area contributed by atoms with Crippen LogP contribution in [0.4, 0.5) is 20.2 Å². The van der Waals surface area contributed by atoms with Gasteiger partial charge in [-0.25, -0.2) is 18.7 Å². The average Bonchev–Trinajstić information content (AvgIpc) is 3.41. The number of carbonyl (C=O) groups is 2. The Balaban J connectivity index is 1.32. The molecule has 1 saturated heterocycles. The molecule has 1 atom stereocenters. The Kier molecular flexibility index (Phi) is 9.27. The summed E-state index contributed by atoms with van der Waals surface area (Å²) in [5.74, 6) is -2.93. The van der Waals surface area contributed by atoms with Gasteiger partial charge in [0.05, 0.1) is 31.1 Å². The van der Waals surface area contributed by atoms with E-state index in [2.05, 4.69) is 15.0 Å². The molecule has 0 saturated carbocycles. The van der Waals surface area contributed by atoms with Crippen molar-refractivity contribution in [1.29, 1.82) is 0 Å². The lowest BCUT2D eigenvalue weighted by Crippen LogP contribution is -2.49. The lowest BCUT2D eigenvalue weighted by Gasteiger charge is -2.32. The lowest BCUT2D eigenvalue weighted by molar-refractivity contribution is -0.141. The summed E-state index contributed by atoms with van der Waals surface area (Å²) >= 11 is 0. The molecule has 4 heterocycles. The predicted molar refractivity (Wildman–Crippen MR) is 168 cm³/mol. The normalized spacial score (nSPS) is 15.7. The second-order valence-electron chi connectivity index (χ2n) is 11.8. The van der Waals surface area contributed by atoms with Crippen LogP contribution in [-0.2, 0) is 19.1 Å². The summed E-state index contributed by atoms with van der Waals surface area (Å²) in [5.41, 5.74) is -0.400. The van der Waals surface area contributed by atoms with Gasteiger partial charge in [0.1, 0.15) is 29.5 Å². The molecule has 248 valence electrons. The van der Waals surface area contributed by atoms with Crippen LogP contribution in [0.25, 0.3) is 11.0 Å². The lowest BCUT2D eigenvalue weighted by atomic mass is 9.89. The van der Waals surface area contributed by atoms with Crippen molar-refractivity contribution in [2.75, 3.05) is 44.2 Å². The summed E-state index contributed by atoms with van der Waals surface area (Å²) < 4.78 is 57.2. The van der Waals surface area contributed by atoms with E-state index in [9.17, 15) is 14.0 Å². The highest BCUT2D eigenvalue weighted by Crippen LogP contribution is 2.36. The van der Waals surface area contributed by atoms with E-state index in [1.165, 1.54) is 82.7 Å². The van der Waals surface area contributed by atoms with Gasteiger partial charge in [-0.05, 0) is 52.0 Å². The van der Waals surface area contributed by atoms with E-state index in [1.807, 2.05) is 13.8 Å². The van der Waals surface area contributed by atoms with Crippen molar-refractivity contribution >= 4 is 34.2 Å². The number of pyridine rings is 3. The number of halogens is 2. The van der Waals surface area contributed by atoms with Crippen LogP contribution in [-0.4, -0.2) is 73.1 Å². The molecule has 1 unspecified atom stereocenters. The van der Waals surface area contributed by atoms with Crippen molar-refractivity contribution in [2.45, 2.75) is 39.6 Å². The standard InChI is InChI=1S/C33H35F2N5O7/c1-32(2,30(41)39(5)20-10-8-19(34)9-11-20)31(42)40(6)21-14-23(35)28(37-16-21)46-25-12-13-36-24-15-26(29(43-7)38-27(24)25)44-17-22-18-45-33(3,4)47-22/h8-16,22H,17-18H2,1-7H3. The van der Waals surface area contributed by atoms with E-state index in [1.54, 1.807) is 6.07 Å². The maximum Gasteiger partial charge on any atom is 0.257 e. The van der Waals surface area contributed by atoms with Gasteiger partial charge in [0.15, 0.2) is 23.1 Å². The monoisotopic (exact) mass is 651 g/mol. The quantitative estimate of drug-likeness (QED) is 0.209. The predicted octanol–water partition coefficient (Wildman–Crippen LogP) is 5.29. The highest BCUT2D eigenvalue weighted by Gasteiger charge is 2.41. The molecule has 4 aromatic rings. The number of ether oxygens (including phenoxy) is 5. The molecular weight excluding hydrogens is 616 g/mol. The molecule has 1 fully saturated rings. The summed E-state index contributed by atoms with van der Waals surface area (Å²) in [6, 6.07) is 9.50. The van der Waals surface area contributed by atoms with Gasteiger partial charge in [-0.2, -0.15) is 0 Å². The molecule has 1 aliphatic rings. The number of nitrogens with zero attached hydrogens (tertiary/aromatic N) is 5. The van der Waals surface area contributed by atoms with Crippen LogP contribution < -0.4 is 24.0 Å². The van der Waals surface area contributed by atoms with E-state index in [-0.39, 0.29) is 41.4 Å². The van der Waals surface area contributed by atoms with Crippen molar-refractivity contribution in [3.63, 3.8) is 0 Å². The van der Waals surface area contributed by atoms with Crippen molar-refractivity contribution in [3.05, 3.63) is 66.5 Å². The highest BCUT2D eigenvalue weighted by molar-refractivity contribution is 6.15. The maximum atomic E-state index is 15.4. The molecule has 2 amide bonds. The van der Waals surface area contributed by atoms with Gasteiger partial charge in [-0.15, -0.1) is 0 Å². The largest absolute Gasteiger partial charge is 0.485 e. The minimum absolute atomic E-state index is 0.0892. The average molecular weight is 652 g/mol. The topological polar surface area (TPSA) is 125 Å². The number of aromatic nitrogens is 3. The molecule has 1 aliphatic heterocycles. The summed E-state index contributed by atoms with van der Waals surface area (Å²) in [6.45, 7) is 7.12. The maximum absolute atomic E-state index is 15.4. The van der Waals surface area contributed by atoms with E-state index >= 15 is 4.39 Å². The van der Waals surface area contributed by atoms with Crippen molar-refractivity contribution in [3.8, 4) is 23.3 Å². The van der Waals surface area contributed by atoms with Crippen molar-refractivity contribution in [1.82, 2.24) is 15.0 Å². The number of benzene rings is 1. The molecule has 0 N–H and O–H groups in total. The van der Waals surface area contributed by atoms with Gasteiger partial charge >= 0.3 is 0 Å². The van der Waals surface area contributed by atoms with Crippen LogP contribution in [0.15, 0.2) is 54.9 Å². The van der Waals surface area contributed by atoms with Crippen LogP contribution in [0, 0.1) is 17.0 Å². The number of methoxy groups -OCH3 is 1. The molecule has 14 heteroatoms. The highest BCUT2D eigenvalue weighted by atomic mass is 19.1. The Hall–Kier alpha value is -4.95. The zero-order chi connectivity index (χ0) is 34.1. The number of anilines is 2. The summed E-state index contributed by atoms with van der Waals surface area (Å²) in [4.78, 5) is 42.0. The van der Waals surface area contributed by atoms with Gasteiger partial charge in [0.2, 0.25) is 11.8 Å². The molecule has 5 rings (SSSR count). The number of fused-ring (bicyclic) bond motifs is 1. The Morgan fingerprint density at radius 3 is 2.28 bits per heavy atom. The van der Waals surface area contributed by atoms with Gasteiger partial charge in [-0.1, -0.05) is 0 Å². The first kappa shape index (κ1) is 33.4. The molecule has 0 bridgehead atoms. The molecule has 1 aromatic carbocycles. The van der Waals surface area contributed by atoms with Crippen LogP contribution in [0.1, 0.15) is 27.7 Å². The summed E-state index contributed by atoms with van der Waals surface area (Å²) in [5, 5.41) is 0. The third-order valence-corrected chi connectivity index (χ3v) is 7.57. The van der Waals surface area contributed by atoms with Crippen LogP contribution in [0.5, 0.6) is 23.3 Å². The number of hydrogen-bond donors (Lipinski definition) is 0. The van der Waals surface area contributed by atoms with Crippen LogP contribution >= 0.6 is 0 Å². The second-order valence-corrected chi connectivity index (χ2v) is 11.8. The Morgan fingerprint density at radius 2 is 1.66 bits per heavy atom. The zero-order valence-corrected chi connectivity index (χ0v) is 27.0. The first-order chi connectivity index (χ1) is 22.2. The van der Waals surface area contributed by atoms with E-state index in [4.69, 9.17) is 23.7 Å². The van der Waals surface area contributed by atoms with Gasteiger partial charge < -0.3 is 33.5 Å². The second kappa shape index (κ2) is 13.0. The summed E-state index contributed by atoms with van der Waals surface area (Å²) in [6.07, 6.45) is 2.43. The fraction of sp³-hybridized carbons (Fsp3) is 0.364. The fourth-order valence-corrected chi connectivity index (χ4v) is 4.98. The fourth-order valence-electron chi connectivity index (χ4n) is 4.98. The SMILES string of the molecule is COc1nc2c(Oc3ncc(N(C)C(=O)C(C)(C)C(=O)N(C)c4ccc(F)cc4)cc3F)ccnc2cc1OCC1COC(C)(C)O1. The zero-order valence-electron chi connectivity index (χ0n) is 27.0.